The second kappa shape index (κ2) is 12.2. The molecule has 0 spiro atoms. The molecule has 3 aromatic heterocycles. The fourth-order valence-corrected chi connectivity index (χ4v) is 9.54. The number of nitrogens with zero attached hydrogens (tertiary/aromatic N) is 2. The largest absolute Gasteiger partial charge is 0.360 e. The predicted octanol–water partition coefficient (Wildman–Crippen LogP) is 13.0. The Morgan fingerprint density at radius 3 is 1.09 bits per heavy atom. The highest BCUT2D eigenvalue weighted by molar-refractivity contribution is 6.24. The lowest BCUT2D eigenvalue weighted by molar-refractivity contribution is 0.954. The van der Waals surface area contributed by atoms with E-state index in [1.165, 1.54) is 86.9 Å². The summed E-state index contributed by atoms with van der Waals surface area (Å²) in [6.45, 7) is 0. The van der Waals surface area contributed by atoms with E-state index in [0.29, 0.717) is 0 Å². The molecular weight excluding hydrogens is 681 g/mol. The van der Waals surface area contributed by atoms with E-state index in [1.807, 2.05) is 24.5 Å². The minimum absolute atomic E-state index is 0.858. The number of benzene rings is 9. The normalized spacial score (nSPS) is 12.2. The number of rotatable bonds is 8. The summed E-state index contributed by atoms with van der Waals surface area (Å²) < 4.78 is 0. The van der Waals surface area contributed by atoms with Crippen molar-refractivity contribution in [3.05, 3.63) is 180 Å². The van der Waals surface area contributed by atoms with E-state index in [4.69, 9.17) is 9.97 Å². The van der Waals surface area contributed by atoms with E-state index in [1.54, 1.807) is 0 Å². The van der Waals surface area contributed by atoms with Crippen molar-refractivity contribution in [2.45, 2.75) is 25.7 Å². The number of hydrogen-bond acceptors (Lipinski definition) is 2. The Bertz CT molecular complexity index is 3150. The number of aromatic amines is 2. The third-order valence-corrected chi connectivity index (χ3v) is 12.3. The Labute approximate surface area is 323 Å². The van der Waals surface area contributed by atoms with Crippen molar-refractivity contribution in [1.82, 2.24) is 19.9 Å². The maximum absolute atomic E-state index is 5.52. The van der Waals surface area contributed by atoms with Gasteiger partial charge in [0.15, 0.2) is 0 Å². The quantitative estimate of drug-likeness (QED) is 0.154. The van der Waals surface area contributed by atoms with Crippen LogP contribution in [0.25, 0.3) is 98.4 Å². The van der Waals surface area contributed by atoms with Crippen LogP contribution in [-0.2, 0) is 25.7 Å². The molecule has 0 unspecified atom stereocenters. The van der Waals surface area contributed by atoms with E-state index in [-0.39, 0.29) is 0 Å². The van der Waals surface area contributed by atoms with E-state index in [0.717, 1.165) is 59.5 Å². The highest BCUT2D eigenvalue weighted by atomic mass is 14.9. The van der Waals surface area contributed by atoms with Gasteiger partial charge >= 0.3 is 0 Å². The molecule has 0 atom stereocenters. The predicted molar refractivity (Wildman–Crippen MR) is 234 cm³/mol. The van der Waals surface area contributed by atoms with Crippen molar-refractivity contribution >= 4 is 75.7 Å². The standard InChI is InChI=1S/C52H36N4/c1-5-33-17-19-37-15-11-31(41-27-25-35(7-1)45(33)47(37)41)13-21-39-23-24-40(50-49(39)55-51(43-9-3-29-53-43)52(56-50)44-10-4-30-54-44)22-14-32-12-16-38-20-18-34-6-2-8-36-26-28-42(32)48(38)46(34)36/h1-12,15-20,23-30,53-54H,13-14,21-22H2. The summed E-state index contributed by atoms with van der Waals surface area (Å²) in [5.41, 5.74) is 10.8. The van der Waals surface area contributed by atoms with Gasteiger partial charge in [0.25, 0.3) is 0 Å². The number of nitrogens with one attached hydrogen (secondary N) is 2. The zero-order valence-corrected chi connectivity index (χ0v) is 30.7. The van der Waals surface area contributed by atoms with Crippen LogP contribution in [0.1, 0.15) is 22.3 Å². The second-order valence-electron chi connectivity index (χ2n) is 15.3. The molecule has 12 rings (SSSR count). The summed E-state index contributed by atoms with van der Waals surface area (Å²) in [5, 5.41) is 15.9. The molecule has 56 heavy (non-hydrogen) atoms. The smallest absolute Gasteiger partial charge is 0.115 e. The lowest BCUT2D eigenvalue weighted by Crippen LogP contribution is -2.04. The molecular formula is C52H36N4. The summed E-state index contributed by atoms with van der Waals surface area (Å²) in [5.74, 6) is 0. The molecule has 0 amide bonds. The molecule has 4 nitrogen and oxygen atoms in total. The zero-order chi connectivity index (χ0) is 36.7. The summed E-state index contributed by atoms with van der Waals surface area (Å²) in [4.78, 5) is 17.9. The molecule has 0 aliphatic heterocycles. The van der Waals surface area contributed by atoms with Gasteiger partial charge in [-0.3, -0.25) is 0 Å². The minimum atomic E-state index is 0.858. The lowest BCUT2D eigenvalue weighted by Gasteiger charge is -2.17. The van der Waals surface area contributed by atoms with E-state index < -0.39 is 0 Å². The maximum atomic E-state index is 5.52. The van der Waals surface area contributed by atoms with Crippen LogP contribution < -0.4 is 0 Å². The van der Waals surface area contributed by atoms with Gasteiger partial charge in [-0.05, 0) is 137 Å². The zero-order valence-electron chi connectivity index (χ0n) is 30.7. The summed E-state index contributed by atoms with van der Waals surface area (Å²) in [6.07, 6.45) is 7.45. The maximum Gasteiger partial charge on any atom is 0.115 e. The Hall–Kier alpha value is -7.04. The van der Waals surface area contributed by atoms with Crippen LogP contribution in [0.4, 0.5) is 0 Å². The molecule has 3 heterocycles. The van der Waals surface area contributed by atoms with Crippen molar-refractivity contribution in [2.24, 2.45) is 0 Å². The second-order valence-corrected chi connectivity index (χ2v) is 15.3. The van der Waals surface area contributed by atoms with Gasteiger partial charge in [-0.1, -0.05) is 121 Å². The third kappa shape index (κ3) is 4.79. The molecule has 0 radical (unpaired) electrons. The Balaban J connectivity index is 0.979. The van der Waals surface area contributed by atoms with Crippen LogP contribution in [0.3, 0.4) is 0 Å². The average molecular weight is 717 g/mol. The Kier molecular flexibility index (Phi) is 6.85. The summed E-state index contributed by atoms with van der Waals surface area (Å²) in [7, 11) is 0. The van der Waals surface area contributed by atoms with Gasteiger partial charge in [-0.15, -0.1) is 0 Å². The number of aromatic nitrogens is 4. The Morgan fingerprint density at radius 1 is 0.321 bits per heavy atom. The molecule has 0 saturated carbocycles. The summed E-state index contributed by atoms with van der Waals surface area (Å²) >= 11 is 0. The third-order valence-electron chi connectivity index (χ3n) is 12.3. The molecule has 0 bridgehead atoms. The molecule has 4 heteroatoms. The minimum Gasteiger partial charge on any atom is -0.360 e. The molecule has 0 aliphatic carbocycles. The van der Waals surface area contributed by atoms with Gasteiger partial charge in [0, 0.05) is 12.4 Å². The summed E-state index contributed by atoms with van der Waals surface area (Å²) in [6, 6.07) is 53.6. The van der Waals surface area contributed by atoms with E-state index in [9.17, 15) is 0 Å². The average Bonchev–Trinajstić information content (AvgIpc) is 4.00. The SMILES string of the molecule is c1c[nH]c(-c2nc3c(CCc4ccc5ccc6cccc7ccc4c5c67)ccc(CCc4ccc5ccc6cccc7ccc4c5c67)c3nc2-c2ccc[nH]2)c1. The van der Waals surface area contributed by atoms with Crippen molar-refractivity contribution < 1.29 is 0 Å². The van der Waals surface area contributed by atoms with Gasteiger partial charge in [-0.2, -0.15) is 0 Å². The van der Waals surface area contributed by atoms with Crippen molar-refractivity contribution in [1.29, 1.82) is 0 Å². The molecule has 9 aromatic carbocycles. The molecule has 0 aliphatic rings. The highest BCUT2D eigenvalue weighted by Crippen LogP contribution is 2.39. The van der Waals surface area contributed by atoms with Crippen LogP contribution >= 0.6 is 0 Å². The lowest BCUT2D eigenvalue weighted by atomic mass is 9.89. The molecule has 264 valence electrons. The van der Waals surface area contributed by atoms with Crippen LogP contribution in [0, 0.1) is 0 Å². The van der Waals surface area contributed by atoms with Gasteiger partial charge in [0.2, 0.25) is 0 Å². The first-order chi connectivity index (χ1) is 27.7. The molecule has 2 N–H and O–H groups in total. The first-order valence-corrected chi connectivity index (χ1v) is 19.7. The van der Waals surface area contributed by atoms with Gasteiger partial charge in [-0.25, -0.2) is 9.97 Å². The van der Waals surface area contributed by atoms with Gasteiger partial charge in [0.1, 0.15) is 11.4 Å². The van der Waals surface area contributed by atoms with Crippen molar-refractivity contribution in [3.63, 3.8) is 0 Å². The monoisotopic (exact) mass is 716 g/mol. The Morgan fingerprint density at radius 2 is 0.679 bits per heavy atom. The number of aryl methyl sites for hydroxylation is 4. The molecule has 12 aromatic rings. The van der Waals surface area contributed by atoms with Crippen LogP contribution in [-0.4, -0.2) is 19.9 Å². The number of fused-ring (bicyclic) bond motifs is 1. The van der Waals surface area contributed by atoms with Crippen molar-refractivity contribution in [2.75, 3.05) is 0 Å². The number of H-pyrrole nitrogens is 2. The van der Waals surface area contributed by atoms with Crippen LogP contribution in [0.15, 0.2) is 158 Å². The van der Waals surface area contributed by atoms with Gasteiger partial charge in [0.05, 0.1) is 22.4 Å². The highest BCUT2D eigenvalue weighted by Gasteiger charge is 2.20. The van der Waals surface area contributed by atoms with E-state index in [2.05, 4.69) is 143 Å². The van der Waals surface area contributed by atoms with Gasteiger partial charge < -0.3 is 9.97 Å². The number of hydrogen-bond donors (Lipinski definition) is 2. The molecule has 0 saturated heterocycles. The van der Waals surface area contributed by atoms with Crippen LogP contribution in [0.5, 0.6) is 0 Å². The topological polar surface area (TPSA) is 57.4 Å². The first-order valence-electron chi connectivity index (χ1n) is 19.7. The van der Waals surface area contributed by atoms with Crippen LogP contribution in [0.2, 0.25) is 0 Å². The van der Waals surface area contributed by atoms with E-state index >= 15 is 0 Å². The first kappa shape index (κ1) is 31.3. The fourth-order valence-electron chi connectivity index (χ4n) is 9.54. The molecule has 0 fully saturated rings. The fraction of sp³-hybridized carbons (Fsp3) is 0.0769. The van der Waals surface area contributed by atoms with Crippen molar-refractivity contribution in [3.8, 4) is 22.8 Å².